The summed E-state index contributed by atoms with van der Waals surface area (Å²) in [6.45, 7) is 4.75. The number of aliphatic hydroxyl groups excluding tert-OH is 1. The molecule has 1 fully saturated rings. The second kappa shape index (κ2) is 4.04. The van der Waals surface area contributed by atoms with E-state index in [4.69, 9.17) is 9.84 Å². The summed E-state index contributed by atoms with van der Waals surface area (Å²) in [5.74, 6) is 0. The Balaban J connectivity index is 2.42. The van der Waals surface area contributed by atoms with Gasteiger partial charge in [-0.25, -0.2) is 0 Å². The van der Waals surface area contributed by atoms with E-state index in [1.165, 1.54) is 0 Å². The molecule has 0 bridgehead atoms. The Labute approximate surface area is 67.7 Å². The first-order valence-electron chi connectivity index (χ1n) is 4.26. The van der Waals surface area contributed by atoms with Crippen molar-refractivity contribution in [2.24, 2.45) is 0 Å². The van der Waals surface area contributed by atoms with Gasteiger partial charge >= 0.3 is 0 Å². The maximum atomic E-state index is 9.15. The summed E-state index contributed by atoms with van der Waals surface area (Å²) in [6, 6.07) is 0. The fourth-order valence-electron chi connectivity index (χ4n) is 1.53. The first kappa shape index (κ1) is 8.97. The molecule has 11 heavy (non-hydrogen) atoms. The van der Waals surface area contributed by atoms with E-state index < -0.39 is 0 Å². The normalized spacial score (nSPS) is 23.5. The Hall–Kier alpha value is -0.120. The van der Waals surface area contributed by atoms with Crippen LogP contribution in [0.3, 0.4) is 0 Å². The fraction of sp³-hybridized carbons (Fsp3) is 1.00. The molecule has 0 unspecified atom stereocenters. The molecule has 0 atom stereocenters. The van der Waals surface area contributed by atoms with Gasteiger partial charge in [0.05, 0.1) is 6.61 Å². The molecule has 0 radical (unpaired) electrons. The van der Waals surface area contributed by atoms with Gasteiger partial charge in [0, 0.05) is 18.8 Å². The number of aliphatic hydroxyl groups is 1. The van der Waals surface area contributed by atoms with Gasteiger partial charge < -0.3 is 15.2 Å². The minimum absolute atomic E-state index is 0.0486. The zero-order chi connectivity index (χ0) is 8.16. The van der Waals surface area contributed by atoms with E-state index in [0.29, 0.717) is 0 Å². The van der Waals surface area contributed by atoms with E-state index in [1.54, 1.807) is 0 Å². The molecule has 0 spiro atoms. The van der Waals surface area contributed by atoms with Crippen molar-refractivity contribution in [1.29, 1.82) is 0 Å². The van der Waals surface area contributed by atoms with E-state index in [0.717, 1.165) is 32.6 Å². The highest BCUT2D eigenvalue weighted by molar-refractivity contribution is 4.88. The van der Waals surface area contributed by atoms with Crippen molar-refractivity contribution in [3.05, 3.63) is 0 Å². The zero-order valence-electron chi connectivity index (χ0n) is 7.10. The number of likely N-dealkylation sites (N-methyl/N-ethyl adjacent to an activating group) is 1. The van der Waals surface area contributed by atoms with Crippen molar-refractivity contribution in [3.8, 4) is 0 Å². The SMILES string of the molecule is CCNC1(CO)CCOCC1. The number of hydrogen-bond donors (Lipinski definition) is 2. The summed E-state index contributed by atoms with van der Waals surface area (Å²) in [5.41, 5.74) is -0.0486. The molecule has 1 saturated heterocycles. The third-order valence-electron chi connectivity index (χ3n) is 2.30. The van der Waals surface area contributed by atoms with Crippen molar-refractivity contribution in [1.82, 2.24) is 5.32 Å². The first-order valence-corrected chi connectivity index (χ1v) is 4.26. The molecular weight excluding hydrogens is 142 g/mol. The standard InChI is InChI=1S/C8H17NO2/c1-2-9-8(7-10)3-5-11-6-4-8/h9-10H,2-7H2,1H3. The summed E-state index contributed by atoms with van der Waals surface area (Å²) in [6.07, 6.45) is 1.86. The maximum Gasteiger partial charge on any atom is 0.0615 e. The van der Waals surface area contributed by atoms with Crippen LogP contribution in [-0.2, 0) is 4.74 Å². The second-order valence-corrected chi connectivity index (χ2v) is 3.08. The summed E-state index contributed by atoms with van der Waals surface area (Å²) in [4.78, 5) is 0. The highest BCUT2D eigenvalue weighted by atomic mass is 16.5. The van der Waals surface area contributed by atoms with Crippen molar-refractivity contribution in [3.63, 3.8) is 0 Å². The minimum Gasteiger partial charge on any atom is -0.394 e. The third kappa shape index (κ3) is 2.15. The fourth-order valence-corrected chi connectivity index (χ4v) is 1.53. The predicted molar refractivity (Wildman–Crippen MR) is 43.5 cm³/mol. The quantitative estimate of drug-likeness (QED) is 0.615. The smallest absolute Gasteiger partial charge is 0.0615 e. The lowest BCUT2D eigenvalue weighted by Gasteiger charge is -2.36. The molecule has 0 aromatic rings. The van der Waals surface area contributed by atoms with Crippen LogP contribution < -0.4 is 5.32 Å². The van der Waals surface area contributed by atoms with Crippen LogP contribution in [-0.4, -0.2) is 37.0 Å². The summed E-state index contributed by atoms with van der Waals surface area (Å²) in [7, 11) is 0. The van der Waals surface area contributed by atoms with Gasteiger partial charge in [-0.2, -0.15) is 0 Å². The van der Waals surface area contributed by atoms with Crippen LogP contribution in [0, 0.1) is 0 Å². The summed E-state index contributed by atoms with van der Waals surface area (Å²) >= 11 is 0. The summed E-state index contributed by atoms with van der Waals surface area (Å²) in [5, 5.41) is 12.5. The zero-order valence-corrected chi connectivity index (χ0v) is 7.10. The molecule has 0 aromatic carbocycles. The molecule has 1 rings (SSSR count). The average molecular weight is 159 g/mol. The van der Waals surface area contributed by atoms with Crippen LogP contribution >= 0.6 is 0 Å². The van der Waals surface area contributed by atoms with E-state index in [1.807, 2.05) is 0 Å². The number of hydrogen-bond acceptors (Lipinski definition) is 3. The van der Waals surface area contributed by atoms with E-state index in [-0.39, 0.29) is 12.1 Å². The van der Waals surface area contributed by atoms with Gasteiger partial charge in [0.25, 0.3) is 0 Å². The maximum absolute atomic E-state index is 9.15. The molecule has 66 valence electrons. The van der Waals surface area contributed by atoms with Crippen molar-refractivity contribution in [2.75, 3.05) is 26.4 Å². The van der Waals surface area contributed by atoms with Gasteiger partial charge in [0.1, 0.15) is 0 Å². The molecule has 0 aromatic heterocycles. The summed E-state index contributed by atoms with van der Waals surface area (Å²) < 4.78 is 5.22. The number of rotatable bonds is 3. The van der Waals surface area contributed by atoms with Gasteiger partial charge in [0.2, 0.25) is 0 Å². The number of nitrogens with one attached hydrogen (secondary N) is 1. The second-order valence-electron chi connectivity index (χ2n) is 3.08. The lowest BCUT2D eigenvalue weighted by molar-refractivity contribution is 0.0129. The monoisotopic (exact) mass is 159 g/mol. The predicted octanol–water partition coefficient (Wildman–Crippen LogP) is 0.137. The van der Waals surface area contributed by atoms with Gasteiger partial charge in [-0.05, 0) is 19.4 Å². The van der Waals surface area contributed by atoms with Crippen molar-refractivity contribution in [2.45, 2.75) is 25.3 Å². The minimum atomic E-state index is -0.0486. The topological polar surface area (TPSA) is 41.5 Å². The molecule has 3 heteroatoms. The molecule has 0 saturated carbocycles. The van der Waals surface area contributed by atoms with E-state index in [2.05, 4.69) is 12.2 Å². The van der Waals surface area contributed by atoms with Crippen LogP contribution in [0.5, 0.6) is 0 Å². The third-order valence-corrected chi connectivity index (χ3v) is 2.30. The Morgan fingerprint density at radius 2 is 2.09 bits per heavy atom. The molecule has 0 amide bonds. The molecule has 1 aliphatic rings. The molecule has 3 nitrogen and oxygen atoms in total. The largest absolute Gasteiger partial charge is 0.394 e. The molecule has 2 N–H and O–H groups in total. The Bertz CT molecular complexity index is 105. The van der Waals surface area contributed by atoms with Crippen LogP contribution in [0.2, 0.25) is 0 Å². The molecule has 1 aliphatic heterocycles. The Morgan fingerprint density at radius 3 is 2.55 bits per heavy atom. The average Bonchev–Trinajstić information content (AvgIpc) is 2.07. The van der Waals surface area contributed by atoms with Crippen molar-refractivity contribution < 1.29 is 9.84 Å². The van der Waals surface area contributed by atoms with Gasteiger partial charge in [-0.15, -0.1) is 0 Å². The Morgan fingerprint density at radius 1 is 1.45 bits per heavy atom. The van der Waals surface area contributed by atoms with Crippen molar-refractivity contribution >= 4 is 0 Å². The van der Waals surface area contributed by atoms with Gasteiger partial charge in [-0.1, -0.05) is 6.92 Å². The highest BCUT2D eigenvalue weighted by Gasteiger charge is 2.30. The van der Waals surface area contributed by atoms with Gasteiger partial charge in [0.15, 0.2) is 0 Å². The van der Waals surface area contributed by atoms with Gasteiger partial charge in [-0.3, -0.25) is 0 Å². The van der Waals surface area contributed by atoms with Crippen LogP contribution in [0.15, 0.2) is 0 Å². The van der Waals surface area contributed by atoms with E-state index >= 15 is 0 Å². The molecule has 1 heterocycles. The van der Waals surface area contributed by atoms with Crippen LogP contribution in [0.1, 0.15) is 19.8 Å². The number of ether oxygens (including phenoxy) is 1. The van der Waals surface area contributed by atoms with Crippen LogP contribution in [0.25, 0.3) is 0 Å². The van der Waals surface area contributed by atoms with E-state index in [9.17, 15) is 0 Å². The molecular formula is C8H17NO2. The lowest BCUT2D eigenvalue weighted by Crippen LogP contribution is -2.52. The lowest BCUT2D eigenvalue weighted by atomic mass is 9.91. The molecule has 0 aliphatic carbocycles. The first-order chi connectivity index (χ1) is 5.33. The highest BCUT2D eigenvalue weighted by Crippen LogP contribution is 2.19. The van der Waals surface area contributed by atoms with Crippen LogP contribution in [0.4, 0.5) is 0 Å². The Kier molecular flexibility index (Phi) is 3.30.